The van der Waals surface area contributed by atoms with E-state index >= 15 is 0 Å². The number of thiazole rings is 1. The maximum atomic E-state index is 13.2. The van der Waals surface area contributed by atoms with Crippen LogP contribution in [-0.2, 0) is 17.6 Å². The molecule has 2 aromatic carbocycles. The molecule has 1 aliphatic carbocycles. The number of thiophene rings is 1. The number of aromatic nitrogens is 1. The number of para-hydroxylation sites is 3. The van der Waals surface area contributed by atoms with Gasteiger partial charge in [0.2, 0.25) is 6.10 Å². The Balaban J connectivity index is 1.35. The molecule has 1 N–H and O–H groups in total. The third kappa shape index (κ3) is 3.55. The van der Waals surface area contributed by atoms with Crippen LogP contribution in [0, 0.1) is 0 Å². The third-order valence-electron chi connectivity index (χ3n) is 5.97. The van der Waals surface area contributed by atoms with E-state index in [2.05, 4.69) is 11.4 Å². The van der Waals surface area contributed by atoms with Gasteiger partial charge in [-0.3, -0.25) is 4.79 Å². The molecule has 0 saturated carbocycles. The zero-order chi connectivity index (χ0) is 21.5. The van der Waals surface area contributed by atoms with Crippen LogP contribution >= 0.6 is 22.7 Å². The fourth-order valence-corrected chi connectivity index (χ4v) is 6.78. The molecule has 1 amide bonds. The molecule has 2 aliphatic rings. The predicted octanol–water partition coefficient (Wildman–Crippen LogP) is 6.07. The number of carbonyl (C=O) groups excluding carboxylic acids is 1. The molecule has 7 heteroatoms. The van der Waals surface area contributed by atoms with Gasteiger partial charge >= 0.3 is 0 Å². The monoisotopic (exact) mass is 462 g/mol. The first-order valence-corrected chi connectivity index (χ1v) is 12.6. The summed E-state index contributed by atoms with van der Waals surface area (Å²) < 4.78 is 12.9. The topological polar surface area (TPSA) is 60.5 Å². The molecular weight excluding hydrogens is 440 g/mol. The van der Waals surface area contributed by atoms with Crippen LogP contribution in [0.5, 0.6) is 11.5 Å². The largest absolute Gasteiger partial charge is 0.485 e. The van der Waals surface area contributed by atoms with Crippen molar-refractivity contribution in [1.82, 2.24) is 4.98 Å². The van der Waals surface area contributed by atoms with Gasteiger partial charge in [-0.15, -0.1) is 22.7 Å². The molecule has 2 aromatic heterocycles. The zero-order valence-corrected chi connectivity index (χ0v) is 19.1. The number of amides is 1. The summed E-state index contributed by atoms with van der Waals surface area (Å²) in [7, 11) is 0. The van der Waals surface area contributed by atoms with Crippen LogP contribution in [0.4, 0.5) is 5.00 Å². The van der Waals surface area contributed by atoms with Crippen molar-refractivity contribution in [1.29, 1.82) is 0 Å². The third-order valence-corrected chi connectivity index (χ3v) is 8.23. The molecule has 0 fully saturated rings. The lowest BCUT2D eigenvalue weighted by Gasteiger charge is -2.25. The van der Waals surface area contributed by atoms with Crippen LogP contribution in [0.3, 0.4) is 0 Å². The maximum Gasteiger partial charge on any atom is 0.269 e. The molecule has 3 heterocycles. The number of anilines is 1. The van der Waals surface area contributed by atoms with Crippen molar-refractivity contribution >= 4 is 43.8 Å². The highest BCUT2D eigenvalue weighted by molar-refractivity contribution is 7.22. The van der Waals surface area contributed by atoms with Crippen molar-refractivity contribution in [2.45, 2.75) is 38.2 Å². The minimum atomic E-state index is -0.685. The van der Waals surface area contributed by atoms with E-state index in [1.54, 1.807) is 22.7 Å². The van der Waals surface area contributed by atoms with Crippen molar-refractivity contribution in [3.05, 3.63) is 59.0 Å². The SMILES string of the molecule is O=C(Nc1sc2c(c1-c1nc3ccccc3s1)CCCCC2)C1COc2ccccc2O1. The summed E-state index contributed by atoms with van der Waals surface area (Å²) in [4.78, 5) is 19.5. The number of fused-ring (bicyclic) bond motifs is 3. The van der Waals surface area contributed by atoms with E-state index < -0.39 is 6.10 Å². The van der Waals surface area contributed by atoms with Crippen LogP contribution in [0.2, 0.25) is 0 Å². The summed E-state index contributed by atoms with van der Waals surface area (Å²) in [6, 6.07) is 15.7. The van der Waals surface area contributed by atoms with E-state index in [1.807, 2.05) is 42.5 Å². The second-order valence-corrected chi connectivity index (χ2v) is 10.2. The number of nitrogens with zero attached hydrogens (tertiary/aromatic N) is 1. The van der Waals surface area contributed by atoms with Crippen LogP contribution in [-0.4, -0.2) is 23.6 Å². The average Bonchev–Trinajstić information content (AvgIpc) is 3.31. The lowest BCUT2D eigenvalue weighted by atomic mass is 10.1. The van der Waals surface area contributed by atoms with Gasteiger partial charge in [0.15, 0.2) is 11.5 Å². The molecule has 32 heavy (non-hydrogen) atoms. The van der Waals surface area contributed by atoms with Gasteiger partial charge < -0.3 is 14.8 Å². The Hall–Kier alpha value is -2.90. The fraction of sp³-hybridized carbons (Fsp3) is 0.280. The normalized spacial score (nSPS) is 17.6. The predicted molar refractivity (Wildman–Crippen MR) is 129 cm³/mol. The molecule has 162 valence electrons. The van der Waals surface area contributed by atoms with Crippen molar-refractivity contribution in [3.63, 3.8) is 0 Å². The summed E-state index contributed by atoms with van der Waals surface area (Å²) in [5.74, 6) is 1.10. The van der Waals surface area contributed by atoms with Gasteiger partial charge in [0, 0.05) is 10.4 Å². The fourth-order valence-electron chi connectivity index (χ4n) is 4.38. The maximum absolute atomic E-state index is 13.2. The van der Waals surface area contributed by atoms with E-state index in [9.17, 15) is 4.79 Å². The highest BCUT2D eigenvalue weighted by atomic mass is 32.1. The van der Waals surface area contributed by atoms with Crippen molar-refractivity contribution in [2.24, 2.45) is 0 Å². The van der Waals surface area contributed by atoms with E-state index in [-0.39, 0.29) is 12.5 Å². The number of benzene rings is 2. The summed E-state index contributed by atoms with van der Waals surface area (Å²) in [6.07, 6.45) is 5.01. The molecule has 1 unspecified atom stereocenters. The Morgan fingerprint density at radius 3 is 2.69 bits per heavy atom. The quantitative estimate of drug-likeness (QED) is 0.375. The molecule has 0 radical (unpaired) electrons. The first-order valence-electron chi connectivity index (χ1n) is 11.0. The van der Waals surface area contributed by atoms with Gasteiger partial charge in [-0.25, -0.2) is 4.98 Å². The Labute approximate surface area is 194 Å². The molecular formula is C25H22N2O3S2. The molecule has 0 saturated heterocycles. The Morgan fingerprint density at radius 2 is 1.78 bits per heavy atom. The summed E-state index contributed by atoms with van der Waals surface area (Å²) in [6.45, 7) is 0.199. The first kappa shape index (κ1) is 19.8. The van der Waals surface area contributed by atoms with Crippen molar-refractivity contribution < 1.29 is 14.3 Å². The second-order valence-electron chi connectivity index (χ2n) is 8.11. The van der Waals surface area contributed by atoms with Crippen molar-refractivity contribution in [3.8, 4) is 22.1 Å². The van der Waals surface area contributed by atoms with Crippen molar-refractivity contribution in [2.75, 3.05) is 11.9 Å². The minimum Gasteiger partial charge on any atom is -0.485 e. The molecule has 1 atom stereocenters. The molecule has 0 spiro atoms. The summed E-state index contributed by atoms with van der Waals surface area (Å²) in [5, 5.41) is 5.03. The van der Waals surface area contributed by atoms with Crippen LogP contribution in [0.15, 0.2) is 48.5 Å². The van der Waals surface area contributed by atoms with Crippen LogP contribution < -0.4 is 14.8 Å². The highest BCUT2D eigenvalue weighted by Crippen LogP contribution is 2.46. The Bertz CT molecular complexity index is 1280. The van der Waals surface area contributed by atoms with E-state index in [0.29, 0.717) is 11.5 Å². The van der Waals surface area contributed by atoms with E-state index in [0.717, 1.165) is 38.6 Å². The lowest BCUT2D eigenvalue weighted by Crippen LogP contribution is -2.40. The standard InChI is InChI=1S/C25H22N2O3S2/c28-23(19-14-29-17-10-5-6-11-18(17)30-19)27-25-22(15-8-2-1-3-12-20(15)31-25)24-26-16-9-4-7-13-21(16)32-24/h4-7,9-11,13,19H,1-3,8,12,14H2,(H,27,28). The summed E-state index contributed by atoms with van der Waals surface area (Å²) in [5.41, 5.74) is 3.45. The number of carbonyl (C=O) groups is 1. The first-order chi connectivity index (χ1) is 15.8. The number of rotatable bonds is 3. The Morgan fingerprint density at radius 1 is 0.969 bits per heavy atom. The molecule has 6 rings (SSSR count). The lowest BCUT2D eigenvalue weighted by molar-refractivity contribution is -0.125. The molecule has 4 aromatic rings. The Kier molecular flexibility index (Phi) is 5.08. The molecule has 0 bridgehead atoms. The smallest absolute Gasteiger partial charge is 0.269 e. The van der Waals surface area contributed by atoms with Gasteiger partial charge in [0.1, 0.15) is 16.6 Å². The van der Waals surface area contributed by atoms with Crippen LogP contribution in [0.1, 0.15) is 29.7 Å². The van der Waals surface area contributed by atoms with Gasteiger partial charge in [0.05, 0.1) is 10.2 Å². The minimum absolute atomic E-state index is 0.182. The van der Waals surface area contributed by atoms with Crippen LogP contribution in [0.25, 0.3) is 20.8 Å². The van der Waals surface area contributed by atoms with Gasteiger partial charge in [0.25, 0.3) is 5.91 Å². The van der Waals surface area contributed by atoms with Gasteiger partial charge in [-0.1, -0.05) is 30.7 Å². The number of nitrogens with one attached hydrogen (secondary N) is 1. The molecule has 5 nitrogen and oxygen atoms in total. The highest BCUT2D eigenvalue weighted by Gasteiger charge is 2.30. The summed E-state index contributed by atoms with van der Waals surface area (Å²) >= 11 is 3.39. The number of hydrogen-bond acceptors (Lipinski definition) is 6. The number of hydrogen-bond donors (Lipinski definition) is 1. The number of ether oxygens (including phenoxy) is 2. The number of aryl methyl sites for hydroxylation is 1. The van der Waals surface area contributed by atoms with E-state index in [4.69, 9.17) is 14.5 Å². The van der Waals surface area contributed by atoms with E-state index in [1.165, 1.54) is 29.7 Å². The zero-order valence-electron chi connectivity index (χ0n) is 17.4. The van der Waals surface area contributed by atoms with Gasteiger partial charge in [-0.2, -0.15) is 0 Å². The van der Waals surface area contributed by atoms with Gasteiger partial charge in [-0.05, 0) is 55.5 Å². The average molecular weight is 463 g/mol. The molecule has 1 aliphatic heterocycles. The second kappa shape index (κ2) is 8.22.